The predicted octanol–water partition coefficient (Wildman–Crippen LogP) is 4.50. The number of hydrogen-bond acceptors (Lipinski definition) is 4. The summed E-state index contributed by atoms with van der Waals surface area (Å²) in [5.74, 6) is -0.490. The van der Waals surface area contributed by atoms with Crippen LogP contribution in [0.4, 0.5) is 15.8 Å². The van der Waals surface area contributed by atoms with Gasteiger partial charge in [0.1, 0.15) is 11.6 Å². The van der Waals surface area contributed by atoms with Gasteiger partial charge in [0.05, 0.1) is 17.7 Å². The van der Waals surface area contributed by atoms with Crippen LogP contribution < -0.4 is 14.8 Å². The Labute approximate surface area is 174 Å². The van der Waals surface area contributed by atoms with E-state index in [1.165, 1.54) is 31.4 Å². The average molecular weight is 428 g/mol. The van der Waals surface area contributed by atoms with Crippen molar-refractivity contribution < 1.29 is 22.3 Å². The maximum atomic E-state index is 13.4. The van der Waals surface area contributed by atoms with Crippen LogP contribution in [0.3, 0.4) is 0 Å². The summed E-state index contributed by atoms with van der Waals surface area (Å²) >= 11 is 0. The number of hydrogen-bond donors (Lipinski definition) is 2. The van der Waals surface area contributed by atoms with Gasteiger partial charge in [0.25, 0.3) is 15.9 Å². The standard InChI is InChI=1S/C22H21FN2O4S/c1-14-8-10-17(24-22(26)16-9-11-18(23)15(2)12-16)13-21(14)30(27,28)25-19-6-4-5-7-20(19)29-3/h4-13,25H,1-3H3,(H,24,26). The fourth-order valence-corrected chi connectivity index (χ4v) is 4.23. The molecule has 0 aliphatic carbocycles. The normalized spacial score (nSPS) is 11.1. The minimum atomic E-state index is -3.94. The second-order valence-electron chi connectivity index (χ2n) is 6.70. The van der Waals surface area contributed by atoms with E-state index in [-0.39, 0.29) is 10.5 Å². The van der Waals surface area contributed by atoms with Crippen molar-refractivity contribution in [1.29, 1.82) is 0 Å². The maximum Gasteiger partial charge on any atom is 0.262 e. The van der Waals surface area contributed by atoms with Gasteiger partial charge in [-0.25, -0.2) is 12.8 Å². The molecule has 6 nitrogen and oxygen atoms in total. The molecule has 0 aliphatic heterocycles. The number of nitrogens with one attached hydrogen (secondary N) is 2. The smallest absolute Gasteiger partial charge is 0.262 e. The van der Waals surface area contributed by atoms with Crippen LogP contribution in [-0.4, -0.2) is 21.4 Å². The Morgan fingerprint density at radius 2 is 1.70 bits per heavy atom. The van der Waals surface area contributed by atoms with Crippen LogP contribution in [0.25, 0.3) is 0 Å². The van der Waals surface area contributed by atoms with Crippen LogP contribution in [0.5, 0.6) is 5.75 Å². The SMILES string of the molecule is COc1ccccc1NS(=O)(=O)c1cc(NC(=O)c2ccc(F)c(C)c2)ccc1C. The van der Waals surface area contributed by atoms with Gasteiger partial charge < -0.3 is 10.1 Å². The first-order chi connectivity index (χ1) is 14.2. The molecule has 0 radical (unpaired) electrons. The van der Waals surface area contributed by atoms with E-state index in [0.717, 1.165) is 0 Å². The lowest BCUT2D eigenvalue weighted by Gasteiger charge is -2.14. The minimum absolute atomic E-state index is 0.0153. The van der Waals surface area contributed by atoms with Crippen LogP contribution in [0.15, 0.2) is 65.6 Å². The highest BCUT2D eigenvalue weighted by Crippen LogP contribution is 2.28. The number of anilines is 2. The summed E-state index contributed by atoms with van der Waals surface area (Å²) in [6, 6.07) is 15.2. The molecular formula is C22H21FN2O4S. The molecule has 3 aromatic carbocycles. The van der Waals surface area contributed by atoms with E-state index < -0.39 is 21.7 Å². The first-order valence-corrected chi connectivity index (χ1v) is 10.5. The van der Waals surface area contributed by atoms with E-state index in [0.29, 0.717) is 28.3 Å². The molecule has 0 unspecified atom stereocenters. The molecule has 0 bridgehead atoms. The van der Waals surface area contributed by atoms with Gasteiger partial charge in [-0.15, -0.1) is 0 Å². The number of sulfonamides is 1. The molecule has 1 amide bonds. The molecule has 3 aromatic rings. The Hall–Kier alpha value is -3.39. The zero-order chi connectivity index (χ0) is 21.9. The molecular weight excluding hydrogens is 407 g/mol. The zero-order valence-electron chi connectivity index (χ0n) is 16.7. The number of carbonyl (C=O) groups is 1. The topological polar surface area (TPSA) is 84.5 Å². The number of aryl methyl sites for hydroxylation is 2. The molecule has 0 heterocycles. The number of methoxy groups -OCH3 is 1. The Balaban J connectivity index is 1.89. The van der Waals surface area contributed by atoms with Crippen LogP contribution in [0.2, 0.25) is 0 Å². The monoisotopic (exact) mass is 428 g/mol. The molecule has 0 aromatic heterocycles. The van der Waals surface area contributed by atoms with Gasteiger partial charge in [-0.05, 0) is 67.4 Å². The van der Waals surface area contributed by atoms with Crippen molar-refractivity contribution in [2.45, 2.75) is 18.7 Å². The van der Waals surface area contributed by atoms with Crippen LogP contribution in [-0.2, 0) is 10.0 Å². The number of benzene rings is 3. The van der Waals surface area contributed by atoms with E-state index in [2.05, 4.69) is 10.0 Å². The fourth-order valence-electron chi connectivity index (χ4n) is 2.89. The molecule has 0 saturated carbocycles. The highest BCUT2D eigenvalue weighted by atomic mass is 32.2. The van der Waals surface area contributed by atoms with Gasteiger partial charge >= 0.3 is 0 Å². The Kier molecular flexibility index (Phi) is 6.07. The second kappa shape index (κ2) is 8.54. The van der Waals surface area contributed by atoms with E-state index in [1.807, 2.05) is 0 Å². The van der Waals surface area contributed by atoms with Crippen molar-refractivity contribution >= 4 is 27.3 Å². The summed E-state index contributed by atoms with van der Waals surface area (Å²) in [5, 5.41) is 2.65. The highest BCUT2D eigenvalue weighted by Gasteiger charge is 2.20. The zero-order valence-corrected chi connectivity index (χ0v) is 17.5. The number of amides is 1. The van der Waals surface area contributed by atoms with Crippen LogP contribution in [0, 0.1) is 19.7 Å². The minimum Gasteiger partial charge on any atom is -0.495 e. The predicted molar refractivity (Wildman–Crippen MR) is 114 cm³/mol. The number of halogens is 1. The number of ether oxygens (including phenoxy) is 1. The van der Waals surface area contributed by atoms with Gasteiger partial charge in [-0.3, -0.25) is 9.52 Å². The molecule has 0 saturated heterocycles. The van der Waals surface area contributed by atoms with Gasteiger partial charge in [0, 0.05) is 11.3 Å². The van der Waals surface area contributed by atoms with E-state index >= 15 is 0 Å². The van der Waals surface area contributed by atoms with Crippen molar-refractivity contribution in [3.05, 3.63) is 83.2 Å². The van der Waals surface area contributed by atoms with Gasteiger partial charge in [-0.2, -0.15) is 0 Å². The van der Waals surface area contributed by atoms with Crippen molar-refractivity contribution in [3.8, 4) is 5.75 Å². The van der Waals surface area contributed by atoms with Gasteiger partial charge in [0.2, 0.25) is 0 Å². The third-order valence-electron chi connectivity index (χ3n) is 4.51. The third kappa shape index (κ3) is 4.60. The van der Waals surface area contributed by atoms with Crippen LogP contribution in [0.1, 0.15) is 21.5 Å². The number of para-hydroxylation sites is 2. The first-order valence-electron chi connectivity index (χ1n) is 9.05. The molecule has 2 N–H and O–H groups in total. The van der Waals surface area contributed by atoms with Crippen molar-refractivity contribution in [2.24, 2.45) is 0 Å². The summed E-state index contributed by atoms with van der Waals surface area (Å²) in [6.45, 7) is 3.22. The Bertz CT molecular complexity index is 1210. The first kappa shape index (κ1) is 21.3. The molecule has 0 spiro atoms. The maximum absolute atomic E-state index is 13.4. The Morgan fingerprint density at radius 1 is 0.967 bits per heavy atom. The third-order valence-corrected chi connectivity index (χ3v) is 6.01. The van der Waals surface area contributed by atoms with E-state index in [1.54, 1.807) is 50.2 Å². The van der Waals surface area contributed by atoms with E-state index in [4.69, 9.17) is 4.74 Å². The highest BCUT2D eigenvalue weighted by molar-refractivity contribution is 7.92. The molecule has 3 rings (SSSR count). The van der Waals surface area contributed by atoms with Crippen molar-refractivity contribution in [3.63, 3.8) is 0 Å². The Morgan fingerprint density at radius 3 is 2.40 bits per heavy atom. The lowest BCUT2D eigenvalue weighted by Crippen LogP contribution is -2.16. The second-order valence-corrected chi connectivity index (χ2v) is 8.35. The summed E-state index contributed by atoms with van der Waals surface area (Å²) in [5.41, 5.74) is 1.72. The van der Waals surface area contributed by atoms with Crippen molar-refractivity contribution in [2.75, 3.05) is 17.1 Å². The quantitative estimate of drug-likeness (QED) is 0.605. The molecule has 0 atom stereocenters. The van der Waals surface area contributed by atoms with E-state index in [9.17, 15) is 17.6 Å². The van der Waals surface area contributed by atoms with Crippen molar-refractivity contribution in [1.82, 2.24) is 0 Å². The molecule has 0 aliphatic rings. The summed E-state index contributed by atoms with van der Waals surface area (Å²) in [7, 11) is -2.49. The summed E-state index contributed by atoms with van der Waals surface area (Å²) in [4.78, 5) is 12.5. The molecule has 30 heavy (non-hydrogen) atoms. The lowest BCUT2D eigenvalue weighted by molar-refractivity contribution is 0.102. The van der Waals surface area contributed by atoms with Gasteiger partial charge in [0.15, 0.2) is 0 Å². The molecule has 156 valence electrons. The molecule has 8 heteroatoms. The molecule has 0 fully saturated rings. The fraction of sp³-hybridized carbons (Fsp3) is 0.136. The number of carbonyl (C=O) groups excluding carboxylic acids is 1. The summed E-state index contributed by atoms with van der Waals surface area (Å²) < 4.78 is 47.1. The average Bonchev–Trinajstić information content (AvgIpc) is 2.71. The van der Waals surface area contributed by atoms with Gasteiger partial charge in [-0.1, -0.05) is 18.2 Å². The van der Waals surface area contributed by atoms with Crippen LogP contribution >= 0.6 is 0 Å². The number of rotatable bonds is 6. The lowest BCUT2D eigenvalue weighted by atomic mass is 10.1. The largest absolute Gasteiger partial charge is 0.495 e. The summed E-state index contributed by atoms with van der Waals surface area (Å²) in [6.07, 6.45) is 0.